The Kier molecular flexibility index (Phi) is 6.17. The van der Waals surface area contributed by atoms with Crippen molar-refractivity contribution in [2.45, 2.75) is 19.8 Å². The third kappa shape index (κ3) is 4.58. The summed E-state index contributed by atoms with van der Waals surface area (Å²) in [5.41, 5.74) is 1.38. The highest BCUT2D eigenvalue weighted by atomic mass is 16.2. The number of nitrogens with one attached hydrogen (secondary N) is 1. The molecule has 1 aromatic carbocycles. The molecule has 1 aliphatic rings. The number of amides is 1. The Morgan fingerprint density at radius 3 is 2.54 bits per heavy atom. The van der Waals surface area contributed by atoms with Crippen LogP contribution < -0.4 is 5.32 Å². The number of hydrogen-bond donors (Lipinski definition) is 1. The van der Waals surface area contributed by atoms with Crippen LogP contribution in [0.2, 0.25) is 0 Å². The number of nitrogens with zero attached hydrogens (tertiary/aromatic N) is 4. The molecule has 0 spiro atoms. The smallest absolute Gasteiger partial charge is 0.272 e. The SMILES string of the molecule is CCCCNc1cc(C(=O)N2CCN(C)CC2)nc(-c2ccccc2)n1. The Hall–Kier alpha value is -2.47. The number of benzene rings is 1. The van der Waals surface area contributed by atoms with Gasteiger partial charge in [-0.05, 0) is 13.5 Å². The van der Waals surface area contributed by atoms with E-state index < -0.39 is 0 Å². The first-order valence-corrected chi connectivity index (χ1v) is 9.33. The highest BCUT2D eigenvalue weighted by Gasteiger charge is 2.22. The normalized spacial score (nSPS) is 15.1. The Morgan fingerprint density at radius 1 is 1.12 bits per heavy atom. The van der Waals surface area contributed by atoms with Gasteiger partial charge in [0.25, 0.3) is 5.91 Å². The summed E-state index contributed by atoms with van der Waals surface area (Å²) in [5, 5.41) is 3.33. The lowest BCUT2D eigenvalue weighted by Crippen LogP contribution is -2.47. The molecule has 6 nitrogen and oxygen atoms in total. The number of carbonyl (C=O) groups excluding carboxylic acids is 1. The van der Waals surface area contributed by atoms with Gasteiger partial charge in [-0.25, -0.2) is 9.97 Å². The average molecular weight is 353 g/mol. The Balaban J connectivity index is 1.87. The van der Waals surface area contributed by atoms with E-state index >= 15 is 0 Å². The molecule has 138 valence electrons. The lowest BCUT2D eigenvalue weighted by atomic mass is 10.2. The molecular weight excluding hydrogens is 326 g/mol. The van der Waals surface area contributed by atoms with Gasteiger partial charge in [0, 0.05) is 44.4 Å². The van der Waals surface area contributed by atoms with Crippen LogP contribution in [0.1, 0.15) is 30.3 Å². The number of likely N-dealkylation sites (N-methyl/N-ethyl adjacent to an activating group) is 1. The number of aromatic nitrogens is 2. The number of hydrogen-bond acceptors (Lipinski definition) is 5. The van der Waals surface area contributed by atoms with E-state index in [9.17, 15) is 4.79 Å². The number of rotatable bonds is 6. The van der Waals surface area contributed by atoms with E-state index in [-0.39, 0.29) is 5.91 Å². The fourth-order valence-electron chi connectivity index (χ4n) is 2.93. The Labute approximate surface area is 155 Å². The van der Waals surface area contributed by atoms with E-state index in [1.54, 1.807) is 6.07 Å². The van der Waals surface area contributed by atoms with Crippen LogP contribution in [-0.4, -0.2) is 65.4 Å². The molecule has 1 saturated heterocycles. The maximum atomic E-state index is 13.0. The van der Waals surface area contributed by atoms with Crippen LogP contribution in [0, 0.1) is 0 Å². The van der Waals surface area contributed by atoms with Gasteiger partial charge < -0.3 is 15.1 Å². The van der Waals surface area contributed by atoms with E-state index in [1.165, 1.54) is 0 Å². The molecule has 6 heteroatoms. The van der Waals surface area contributed by atoms with Crippen molar-refractivity contribution in [2.24, 2.45) is 0 Å². The van der Waals surface area contributed by atoms with Gasteiger partial charge in [-0.2, -0.15) is 0 Å². The lowest BCUT2D eigenvalue weighted by Gasteiger charge is -2.32. The third-order valence-electron chi connectivity index (χ3n) is 4.60. The van der Waals surface area contributed by atoms with E-state index in [0.29, 0.717) is 17.3 Å². The average Bonchev–Trinajstić information content (AvgIpc) is 2.69. The minimum Gasteiger partial charge on any atom is -0.370 e. The molecule has 1 amide bonds. The highest BCUT2D eigenvalue weighted by molar-refractivity contribution is 5.93. The van der Waals surface area contributed by atoms with Crippen molar-refractivity contribution in [3.8, 4) is 11.4 Å². The van der Waals surface area contributed by atoms with E-state index in [2.05, 4.69) is 34.2 Å². The number of unbranched alkanes of at least 4 members (excludes halogenated alkanes) is 1. The molecule has 0 saturated carbocycles. The topological polar surface area (TPSA) is 61.4 Å². The summed E-state index contributed by atoms with van der Waals surface area (Å²) in [6, 6.07) is 11.6. The number of carbonyl (C=O) groups is 1. The van der Waals surface area contributed by atoms with Gasteiger partial charge in [-0.15, -0.1) is 0 Å². The maximum Gasteiger partial charge on any atom is 0.272 e. The van der Waals surface area contributed by atoms with Gasteiger partial charge in [0.2, 0.25) is 0 Å². The first-order chi connectivity index (χ1) is 12.7. The van der Waals surface area contributed by atoms with Crippen LogP contribution in [0.15, 0.2) is 36.4 Å². The zero-order chi connectivity index (χ0) is 18.4. The van der Waals surface area contributed by atoms with Crippen LogP contribution in [0.25, 0.3) is 11.4 Å². The maximum absolute atomic E-state index is 13.0. The first-order valence-electron chi connectivity index (χ1n) is 9.33. The summed E-state index contributed by atoms with van der Waals surface area (Å²) >= 11 is 0. The molecule has 0 atom stereocenters. The Morgan fingerprint density at radius 2 is 1.85 bits per heavy atom. The van der Waals surface area contributed by atoms with Gasteiger partial charge >= 0.3 is 0 Å². The van der Waals surface area contributed by atoms with Crippen molar-refractivity contribution in [3.63, 3.8) is 0 Å². The van der Waals surface area contributed by atoms with Gasteiger partial charge in [-0.1, -0.05) is 43.7 Å². The zero-order valence-electron chi connectivity index (χ0n) is 15.6. The molecule has 3 rings (SSSR count). The first kappa shape index (κ1) is 18.3. The molecule has 1 aromatic heterocycles. The number of piperazine rings is 1. The molecule has 0 unspecified atom stereocenters. The monoisotopic (exact) mass is 353 g/mol. The third-order valence-corrected chi connectivity index (χ3v) is 4.60. The summed E-state index contributed by atoms with van der Waals surface area (Å²) < 4.78 is 0. The Bertz CT molecular complexity index is 726. The molecule has 1 fully saturated rings. The predicted molar refractivity (Wildman–Crippen MR) is 104 cm³/mol. The highest BCUT2D eigenvalue weighted by Crippen LogP contribution is 2.19. The van der Waals surface area contributed by atoms with Crippen LogP contribution in [0.5, 0.6) is 0 Å². The summed E-state index contributed by atoms with van der Waals surface area (Å²) in [6.45, 7) is 6.24. The number of anilines is 1. The molecular formula is C20H27N5O. The van der Waals surface area contributed by atoms with Gasteiger partial charge in [0.05, 0.1) is 0 Å². The van der Waals surface area contributed by atoms with E-state index in [0.717, 1.165) is 51.1 Å². The molecule has 0 aliphatic carbocycles. The van der Waals surface area contributed by atoms with Crippen LogP contribution in [0.3, 0.4) is 0 Å². The molecule has 26 heavy (non-hydrogen) atoms. The second-order valence-electron chi connectivity index (χ2n) is 6.70. The van der Waals surface area contributed by atoms with E-state index in [1.807, 2.05) is 35.2 Å². The summed E-state index contributed by atoms with van der Waals surface area (Å²) in [4.78, 5) is 26.3. The molecule has 0 bridgehead atoms. The fraction of sp³-hybridized carbons (Fsp3) is 0.450. The lowest BCUT2D eigenvalue weighted by molar-refractivity contribution is 0.0658. The van der Waals surface area contributed by atoms with Crippen LogP contribution in [-0.2, 0) is 0 Å². The van der Waals surface area contributed by atoms with Gasteiger partial charge in [0.1, 0.15) is 11.5 Å². The predicted octanol–water partition coefficient (Wildman–Crippen LogP) is 2.74. The zero-order valence-corrected chi connectivity index (χ0v) is 15.6. The van der Waals surface area contributed by atoms with Crippen molar-refractivity contribution in [1.82, 2.24) is 19.8 Å². The van der Waals surface area contributed by atoms with Crippen molar-refractivity contribution in [3.05, 3.63) is 42.1 Å². The van der Waals surface area contributed by atoms with Crippen LogP contribution in [0.4, 0.5) is 5.82 Å². The summed E-state index contributed by atoms with van der Waals surface area (Å²) in [5.74, 6) is 1.28. The fourth-order valence-corrected chi connectivity index (χ4v) is 2.93. The quantitative estimate of drug-likeness (QED) is 0.809. The van der Waals surface area contributed by atoms with Crippen molar-refractivity contribution < 1.29 is 4.79 Å². The molecule has 2 aromatic rings. The summed E-state index contributed by atoms with van der Waals surface area (Å²) in [6.07, 6.45) is 2.17. The molecule has 0 radical (unpaired) electrons. The molecule has 1 N–H and O–H groups in total. The standard InChI is InChI=1S/C20H27N5O/c1-3-4-10-21-18-15-17(20(26)25-13-11-24(2)12-14-25)22-19(23-18)16-8-6-5-7-9-16/h5-9,15H,3-4,10-14H2,1-2H3,(H,21,22,23). The van der Waals surface area contributed by atoms with Gasteiger partial charge in [-0.3, -0.25) is 4.79 Å². The van der Waals surface area contributed by atoms with Gasteiger partial charge in [0.15, 0.2) is 5.82 Å². The molecule has 2 heterocycles. The minimum absolute atomic E-state index is 0.0174. The second kappa shape index (κ2) is 8.76. The van der Waals surface area contributed by atoms with Crippen molar-refractivity contribution in [2.75, 3.05) is 45.1 Å². The van der Waals surface area contributed by atoms with Crippen molar-refractivity contribution in [1.29, 1.82) is 0 Å². The largest absolute Gasteiger partial charge is 0.370 e. The van der Waals surface area contributed by atoms with Crippen LogP contribution >= 0.6 is 0 Å². The molecule has 1 aliphatic heterocycles. The van der Waals surface area contributed by atoms with E-state index in [4.69, 9.17) is 0 Å². The second-order valence-corrected chi connectivity index (χ2v) is 6.70. The van der Waals surface area contributed by atoms with Crippen molar-refractivity contribution >= 4 is 11.7 Å². The minimum atomic E-state index is -0.0174. The summed E-state index contributed by atoms with van der Waals surface area (Å²) in [7, 11) is 2.08.